The van der Waals surface area contributed by atoms with Gasteiger partial charge >= 0.3 is 0 Å². The van der Waals surface area contributed by atoms with Gasteiger partial charge in [-0.3, -0.25) is 0 Å². The summed E-state index contributed by atoms with van der Waals surface area (Å²) in [6.07, 6.45) is 9.60. The molecule has 0 amide bonds. The Balaban J connectivity index is 1.68. The number of aromatic nitrogens is 1. The van der Waals surface area contributed by atoms with Crippen LogP contribution < -0.4 is 0 Å². The molecule has 7 aromatic rings. The number of nitrogens with zero attached hydrogens (tertiary/aromatic N) is 1. The number of hydrogen-bond donors (Lipinski definition) is 0. The first-order valence-electron chi connectivity index (χ1n) is 12.6. The summed E-state index contributed by atoms with van der Waals surface area (Å²) < 4.78 is 13.1. The summed E-state index contributed by atoms with van der Waals surface area (Å²) in [6.45, 7) is 6.70. The topological polar surface area (TPSA) is 4.41 Å². The highest BCUT2D eigenvalue weighted by Crippen LogP contribution is 2.49. The summed E-state index contributed by atoms with van der Waals surface area (Å²) in [7, 11) is 0. The van der Waals surface area contributed by atoms with Crippen LogP contribution >= 0.6 is 30.2 Å². The molecule has 0 aliphatic heterocycles. The second kappa shape index (κ2) is 7.80. The Labute approximate surface area is 225 Å². The number of allylic oxidation sites excluding steroid dienone is 5. The highest BCUT2D eigenvalue weighted by molar-refractivity contribution is 14.2. The van der Waals surface area contributed by atoms with Crippen molar-refractivity contribution in [3.63, 3.8) is 0 Å². The minimum absolute atomic E-state index is 0.975. The molecule has 1 aliphatic rings. The summed E-state index contributed by atoms with van der Waals surface area (Å²) in [5.41, 5.74) is 5.24. The molecule has 3 aromatic heterocycles. The molecule has 0 atom stereocenters. The van der Waals surface area contributed by atoms with Crippen LogP contribution in [0.2, 0.25) is 0 Å². The number of hydrogen-bond acceptors (Lipinski definition) is 1. The molecule has 178 valence electrons. The Morgan fingerprint density at radius 1 is 0.811 bits per heavy atom. The van der Waals surface area contributed by atoms with E-state index in [9.17, 15) is 0 Å². The first kappa shape index (κ1) is 21.7. The number of aryl methyl sites for hydroxylation is 1. The lowest BCUT2D eigenvalue weighted by Gasteiger charge is -2.11. The molecular formula is C34H24INS. The van der Waals surface area contributed by atoms with E-state index in [1.165, 1.54) is 70.9 Å². The van der Waals surface area contributed by atoms with Crippen molar-refractivity contribution in [2.75, 3.05) is 0 Å². The third kappa shape index (κ3) is 2.79. The van der Waals surface area contributed by atoms with Crippen molar-refractivity contribution in [3.05, 3.63) is 112 Å². The molecule has 1 nitrogen and oxygen atoms in total. The summed E-state index contributed by atoms with van der Waals surface area (Å²) in [5, 5.41) is 9.59. The second-order valence-corrected chi connectivity index (χ2v) is 15.1. The summed E-state index contributed by atoms with van der Waals surface area (Å²) in [6, 6.07) is 24.9. The van der Waals surface area contributed by atoms with Crippen LogP contribution in [0.1, 0.15) is 12.6 Å². The fraction of sp³-hybridized carbons (Fsp3) is 0.0588. The van der Waals surface area contributed by atoms with Gasteiger partial charge in [-0.1, -0.05) is 78.7 Å². The van der Waals surface area contributed by atoms with Crippen LogP contribution in [-0.2, 0) is 6.42 Å². The first-order valence-corrected chi connectivity index (χ1v) is 17.1. The predicted octanol–water partition coefficient (Wildman–Crippen LogP) is 9.73. The predicted molar refractivity (Wildman–Crippen MR) is 176 cm³/mol. The Bertz CT molecular complexity index is 2260. The molecule has 4 aromatic carbocycles. The molecule has 8 rings (SSSR count). The van der Waals surface area contributed by atoms with Crippen LogP contribution in [0.25, 0.3) is 58.1 Å². The van der Waals surface area contributed by atoms with E-state index in [1.807, 2.05) is 11.3 Å². The smallest absolute Gasteiger partial charge is 0.0628 e. The van der Waals surface area contributed by atoms with Gasteiger partial charge in [-0.05, 0) is 53.1 Å². The lowest BCUT2D eigenvalue weighted by Crippen LogP contribution is -1.98. The lowest BCUT2D eigenvalue weighted by molar-refractivity contribution is 1.02. The Morgan fingerprint density at radius 2 is 1.59 bits per heavy atom. The highest BCUT2D eigenvalue weighted by atomic mass is 127. The molecule has 0 N–H and O–H groups in total. The Hall–Kier alpha value is -3.41. The van der Waals surface area contributed by atoms with Crippen LogP contribution in [0.15, 0.2) is 103 Å². The van der Waals surface area contributed by atoms with Gasteiger partial charge in [0.25, 0.3) is 0 Å². The lowest BCUT2D eigenvalue weighted by atomic mass is 10.00. The highest BCUT2D eigenvalue weighted by Gasteiger charge is 2.25. The number of halogens is 1. The van der Waals surface area contributed by atoms with E-state index in [1.54, 1.807) is 0 Å². The van der Waals surface area contributed by atoms with Crippen LogP contribution in [-0.4, -0.2) is 12.4 Å². The number of thiophene rings is 1. The molecule has 0 spiro atoms. The number of rotatable bonds is 2. The third-order valence-electron chi connectivity index (χ3n) is 7.79. The van der Waals surface area contributed by atoms with Crippen molar-refractivity contribution in [1.82, 2.24) is 4.40 Å². The molecule has 0 saturated carbocycles. The molecular weight excluding hydrogens is 581 g/mol. The van der Waals surface area contributed by atoms with Crippen molar-refractivity contribution >= 4 is 96.4 Å². The van der Waals surface area contributed by atoms with Gasteiger partial charge in [0.1, 0.15) is 0 Å². The van der Waals surface area contributed by atoms with E-state index in [0.29, 0.717) is 0 Å². The van der Waals surface area contributed by atoms with E-state index in [0.717, 1.165) is 12.0 Å². The SMILES string of the molecule is C=C1C=CC=CC1=I(=C)c1c(CC)n2c3ccc4sc5ccccc5c4c3c3cc4ccccc4c1c32. The maximum atomic E-state index is 4.92. The zero-order valence-electron chi connectivity index (χ0n) is 20.5. The molecule has 3 heterocycles. The van der Waals surface area contributed by atoms with E-state index in [-0.39, 0.29) is 0 Å². The van der Waals surface area contributed by atoms with E-state index in [2.05, 4.69) is 109 Å². The van der Waals surface area contributed by atoms with Gasteiger partial charge in [-0.25, -0.2) is 0 Å². The van der Waals surface area contributed by atoms with Gasteiger partial charge in [0.05, 0.1) is 11.0 Å². The third-order valence-corrected chi connectivity index (χ3v) is 13.8. The average molecular weight is 606 g/mol. The van der Waals surface area contributed by atoms with Gasteiger partial charge in [-0.15, -0.1) is 30.2 Å². The standard InChI is InChI=1S/C34H24INS/c1-4-26-33(35(3)25-15-9-5-11-20(25)2)32-22-13-7-6-12-21(22)19-24-30-27(36(26)34(24)32)17-18-29-31(30)23-14-8-10-16-28(23)37-29/h5-19H,2-4H2,1H3. The van der Waals surface area contributed by atoms with E-state index >= 15 is 0 Å². The molecule has 0 unspecified atom stereocenters. The average Bonchev–Trinajstić information content (AvgIpc) is 3.58. The summed E-state index contributed by atoms with van der Waals surface area (Å²) in [5.74, 6) is 0. The summed E-state index contributed by atoms with van der Waals surface area (Å²) in [4.78, 5) is 0. The van der Waals surface area contributed by atoms with Crippen LogP contribution in [0, 0.1) is 3.57 Å². The van der Waals surface area contributed by atoms with Gasteiger partial charge in [0.2, 0.25) is 0 Å². The van der Waals surface area contributed by atoms with Gasteiger partial charge in [0, 0.05) is 49.1 Å². The van der Waals surface area contributed by atoms with Crippen molar-refractivity contribution in [1.29, 1.82) is 0 Å². The van der Waals surface area contributed by atoms with Crippen molar-refractivity contribution in [2.24, 2.45) is 0 Å². The second-order valence-electron chi connectivity index (χ2n) is 9.70. The normalized spacial score (nSPS) is 16.0. The molecule has 0 fully saturated rings. The largest absolute Gasteiger partial charge is 0.311 e. The Morgan fingerprint density at radius 3 is 2.43 bits per heavy atom. The fourth-order valence-corrected chi connectivity index (χ4v) is 12.2. The molecule has 3 heteroatoms. The molecule has 0 saturated heterocycles. The van der Waals surface area contributed by atoms with Gasteiger partial charge < -0.3 is 4.40 Å². The minimum Gasteiger partial charge on any atom is -0.311 e. The van der Waals surface area contributed by atoms with Crippen LogP contribution in [0.3, 0.4) is 0 Å². The molecule has 37 heavy (non-hydrogen) atoms. The minimum atomic E-state index is -1.99. The van der Waals surface area contributed by atoms with Crippen molar-refractivity contribution in [3.8, 4) is 0 Å². The molecule has 1 aliphatic carbocycles. The zero-order chi connectivity index (χ0) is 24.8. The molecule has 0 bridgehead atoms. The number of fused-ring (bicyclic) bond motifs is 9. The Kier molecular flexibility index (Phi) is 4.56. The number of benzene rings is 4. The van der Waals surface area contributed by atoms with E-state index < -0.39 is 18.9 Å². The fourth-order valence-electron chi connectivity index (χ4n) is 6.27. The van der Waals surface area contributed by atoms with Crippen molar-refractivity contribution < 1.29 is 0 Å². The monoisotopic (exact) mass is 605 g/mol. The first-order chi connectivity index (χ1) is 18.2. The molecule has 0 radical (unpaired) electrons. The van der Waals surface area contributed by atoms with Gasteiger partial charge in [0.15, 0.2) is 0 Å². The van der Waals surface area contributed by atoms with Crippen LogP contribution in [0.4, 0.5) is 0 Å². The summed E-state index contributed by atoms with van der Waals surface area (Å²) >= 11 is -0.0867. The zero-order valence-corrected chi connectivity index (χ0v) is 23.5. The quantitative estimate of drug-likeness (QED) is 0.173. The van der Waals surface area contributed by atoms with Crippen LogP contribution in [0.5, 0.6) is 0 Å². The van der Waals surface area contributed by atoms with E-state index in [4.69, 9.17) is 4.51 Å². The van der Waals surface area contributed by atoms with Crippen molar-refractivity contribution in [2.45, 2.75) is 13.3 Å². The maximum Gasteiger partial charge on any atom is 0.0628 e. The van der Waals surface area contributed by atoms with Gasteiger partial charge in [-0.2, -0.15) is 0 Å². The maximum absolute atomic E-state index is 4.92.